The summed E-state index contributed by atoms with van der Waals surface area (Å²) in [5.41, 5.74) is 11.5. The van der Waals surface area contributed by atoms with Gasteiger partial charge in [-0.2, -0.15) is 0 Å². The van der Waals surface area contributed by atoms with E-state index < -0.39 is 66.2 Å². The van der Waals surface area contributed by atoms with Gasteiger partial charge < -0.3 is 37.6 Å². The summed E-state index contributed by atoms with van der Waals surface area (Å²) in [5, 5.41) is 25.5. The Hall–Kier alpha value is -4.00. The summed E-state index contributed by atoms with van der Waals surface area (Å²) in [7, 11) is 0. The fourth-order valence-electron chi connectivity index (χ4n) is 3.36. The first-order valence-corrected chi connectivity index (χ1v) is 11.8. The summed E-state index contributed by atoms with van der Waals surface area (Å²) < 4.78 is 0. The van der Waals surface area contributed by atoms with E-state index in [4.69, 9.17) is 16.6 Å². The topological polar surface area (TPSA) is 231 Å². The number of rotatable bonds is 16. The third-order valence-corrected chi connectivity index (χ3v) is 5.74. The number of carboxylic acid groups (broad SMARTS) is 2. The van der Waals surface area contributed by atoms with Crippen molar-refractivity contribution in [1.29, 1.82) is 0 Å². The van der Waals surface area contributed by atoms with Crippen LogP contribution in [0.4, 0.5) is 0 Å². The number of carbonyl (C=O) groups is 6. The number of amides is 4. The first kappa shape index (κ1) is 31.0. The minimum atomic E-state index is -1.71. The number of aliphatic carboxylic acids is 2. The van der Waals surface area contributed by atoms with Crippen molar-refractivity contribution in [2.75, 3.05) is 0 Å². The van der Waals surface area contributed by atoms with Crippen LogP contribution in [0.25, 0.3) is 0 Å². The zero-order chi connectivity index (χ0) is 28.1. The Morgan fingerprint density at radius 3 is 2.00 bits per heavy atom. The van der Waals surface area contributed by atoms with Crippen LogP contribution < -0.4 is 27.4 Å². The predicted octanol–water partition coefficient (Wildman–Crippen LogP) is -1.12. The number of primary amides is 1. The van der Waals surface area contributed by atoms with Gasteiger partial charge in [0.15, 0.2) is 0 Å². The zero-order valence-electron chi connectivity index (χ0n) is 20.8. The van der Waals surface area contributed by atoms with Gasteiger partial charge in [0, 0.05) is 12.8 Å². The highest BCUT2D eigenvalue weighted by Gasteiger charge is 2.33. The SMILES string of the molecule is CCC(C)C(NC(=O)C(N)CCC(N)=O)C(=O)NC(Cc1ccccc1)C(=O)NC(CC(=O)O)C(=O)O. The Morgan fingerprint density at radius 1 is 0.892 bits per heavy atom. The summed E-state index contributed by atoms with van der Waals surface area (Å²) in [6, 6.07) is 3.39. The molecule has 0 aliphatic carbocycles. The van der Waals surface area contributed by atoms with Crippen molar-refractivity contribution in [3.8, 4) is 0 Å². The van der Waals surface area contributed by atoms with Gasteiger partial charge in [-0.25, -0.2) is 4.79 Å². The fraction of sp³-hybridized carbons (Fsp3) is 0.500. The van der Waals surface area contributed by atoms with Crippen LogP contribution >= 0.6 is 0 Å². The molecule has 9 N–H and O–H groups in total. The molecule has 0 radical (unpaired) electrons. The number of benzene rings is 1. The Labute approximate surface area is 214 Å². The van der Waals surface area contributed by atoms with Gasteiger partial charge in [0.05, 0.1) is 12.5 Å². The molecule has 1 aromatic rings. The van der Waals surface area contributed by atoms with Gasteiger partial charge in [0.1, 0.15) is 18.1 Å². The van der Waals surface area contributed by atoms with Crippen LogP contribution in [-0.4, -0.2) is 69.9 Å². The van der Waals surface area contributed by atoms with Crippen molar-refractivity contribution >= 4 is 35.6 Å². The molecule has 13 nitrogen and oxygen atoms in total. The maximum absolute atomic E-state index is 13.2. The van der Waals surface area contributed by atoms with Gasteiger partial charge in [0.2, 0.25) is 23.6 Å². The molecule has 37 heavy (non-hydrogen) atoms. The smallest absolute Gasteiger partial charge is 0.326 e. The largest absolute Gasteiger partial charge is 0.481 e. The first-order valence-electron chi connectivity index (χ1n) is 11.8. The molecule has 0 saturated heterocycles. The van der Waals surface area contributed by atoms with Gasteiger partial charge in [-0.05, 0) is 17.9 Å². The highest BCUT2D eigenvalue weighted by Crippen LogP contribution is 2.11. The van der Waals surface area contributed by atoms with Crippen LogP contribution in [0, 0.1) is 5.92 Å². The number of nitrogens with two attached hydrogens (primary N) is 2. The summed E-state index contributed by atoms with van der Waals surface area (Å²) in [4.78, 5) is 72.2. The van der Waals surface area contributed by atoms with E-state index in [1.165, 1.54) is 0 Å². The first-order chi connectivity index (χ1) is 17.3. The molecule has 0 fully saturated rings. The minimum Gasteiger partial charge on any atom is -0.481 e. The van der Waals surface area contributed by atoms with Crippen molar-refractivity contribution in [3.05, 3.63) is 35.9 Å². The molecule has 1 aromatic carbocycles. The lowest BCUT2D eigenvalue weighted by Gasteiger charge is -2.28. The number of carboxylic acids is 2. The van der Waals surface area contributed by atoms with Crippen LogP contribution in [0.15, 0.2) is 30.3 Å². The van der Waals surface area contributed by atoms with Crippen molar-refractivity contribution in [2.24, 2.45) is 17.4 Å². The van der Waals surface area contributed by atoms with Gasteiger partial charge >= 0.3 is 11.9 Å². The molecule has 5 unspecified atom stereocenters. The lowest BCUT2D eigenvalue weighted by molar-refractivity contribution is -0.147. The fourth-order valence-corrected chi connectivity index (χ4v) is 3.36. The summed E-state index contributed by atoms with van der Waals surface area (Å²) in [6.45, 7) is 3.50. The second kappa shape index (κ2) is 15.2. The van der Waals surface area contributed by atoms with E-state index in [1.807, 2.05) is 0 Å². The van der Waals surface area contributed by atoms with Crippen molar-refractivity contribution < 1.29 is 39.0 Å². The molecule has 0 aliphatic heterocycles. The molecule has 0 aromatic heterocycles. The van der Waals surface area contributed by atoms with E-state index in [-0.39, 0.29) is 25.2 Å². The average Bonchev–Trinajstić information content (AvgIpc) is 2.84. The number of hydrogen-bond donors (Lipinski definition) is 7. The number of hydrogen-bond acceptors (Lipinski definition) is 7. The quantitative estimate of drug-likeness (QED) is 0.139. The standard InChI is InChI=1S/C24H35N5O8/c1-3-13(2)20(29-21(33)15(25)9-10-18(26)30)23(35)27-16(11-14-7-5-4-6-8-14)22(34)28-17(24(36)37)12-19(31)32/h4-8,13,15-17,20H,3,9-12,25H2,1-2H3,(H2,26,30)(H,27,35)(H,28,34)(H,29,33)(H,31,32)(H,36,37). The lowest BCUT2D eigenvalue weighted by atomic mass is 9.96. The Kier molecular flexibility index (Phi) is 12.7. The van der Waals surface area contributed by atoms with Crippen LogP contribution in [0.3, 0.4) is 0 Å². The van der Waals surface area contributed by atoms with E-state index in [2.05, 4.69) is 16.0 Å². The maximum Gasteiger partial charge on any atom is 0.326 e. The molecule has 0 bridgehead atoms. The summed E-state index contributed by atoms with van der Waals surface area (Å²) >= 11 is 0. The molecular formula is C24H35N5O8. The highest BCUT2D eigenvalue weighted by atomic mass is 16.4. The molecule has 0 saturated carbocycles. The van der Waals surface area contributed by atoms with Gasteiger partial charge in [-0.3, -0.25) is 24.0 Å². The molecule has 5 atom stereocenters. The van der Waals surface area contributed by atoms with Crippen LogP contribution in [-0.2, 0) is 35.2 Å². The Morgan fingerprint density at radius 2 is 1.49 bits per heavy atom. The van der Waals surface area contributed by atoms with Crippen LogP contribution in [0.5, 0.6) is 0 Å². The summed E-state index contributed by atoms with van der Waals surface area (Å²) in [5.74, 6) is -6.29. The van der Waals surface area contributed by atoms with E-state index in [0.717, 1.165) is 0 Å². The van der Waals surface area contributed by atoms with Gasteiger partial charge in [-0.1, -0.05) is 50.6 Å². The van der Waals surface area contributed by atoms with Crippen LogP contribution in [0.1, 0.15) is 45.1 Å². The molecule has 13 heteroatoms. The monoisotopic (exact) mass is 521 g/mol. The molecule has 204 valence electrons. The second-order valence-electron chi connectivity index (χ2n) is 8.73. The predicted molar refractivity (Wildman–Crippen MR) is 132 cm³/mol. The lowest BCUT2D eigenvalue weighted by Crippen LogP contribution is -2.59. The maximum atomic E-state index is 13.2. The van der Waals surface area contributed by atoms with E-state index >= 15 is 0 Å². The van der Waals surface area contributed by atoms with E-state index in [0.29, 0.717) is 12.0 Å². The van der Waals surface area contributed by atoms with Crippen LogP contribution in [0.2, 0.25) is 0 Å². The molecule has 0 aliphatic rings. The van der Waals surface area contributed by atoms with Crippen molar-refractivity contribution in [2.45, 2.75) is 70.1 Å². The van der Waals surface area contributed by atoms with Crippen molar-refractivity contribution in [1.82, 2.24) is 16.0 Å². The Balaban J connectivity index is 3.13. The molecular weight excluding hydrogens is 486 g/mol. The third-order valence-electron chi connectivity index (χ3n) is 5.74. The molecule has 0 heterocycles. The second-order valence-corrected chi connectivity index (χ2v) is 8.73. The zero-order valence-corrected chi connectivity index (χ0v) is 20.8. The summed E-state index contributed by atoms with van der Waals surface area (Å²) in [6.07, 6.45) is -0.548. The average molecular weight is 522 g/mol. The molecule has 0 spiro atoms. The minimum absolute atomic E-state index is 0.0186. The molecule has 4 amide bonds. The van der Waals surface area contributed by atoms with Crippen molar-refractivity contribution in [3.63, 3.8) is 0 Å². The Bertz CT molecular complexity index is 971. The van der Waals surface area contributed by atoms with E-state index in [9.17, 15) is 33.9 Å². The van der Waals surface area contributed by atoms with Gasteiger partial charge in [-0.15, -0.1) is 0 Å². The van der Waals surface area contributed by atoms with E-state index in [1.54, 1.807) is 44.2 Å². The number of nitrogens with one attached hydrogen (secondary N) is 3. The highest BCUT2D eigenvalue weighted by molar-refractivity contribution is 5.95. The van der Waals surface area contributed by atoms with Gasteiger partial charge in [0.25, 0.3) is 0 Å². The normalized spacial score (nSPS) is 14.8. The molecule has 1 rings (SSSR count). The number of carbonyl (C=O) groups excluding carboxylic acids is 4. The third kappa shape index (κ3) is 11.1.